The molecular weight excluding hydrogens is 847 g/mol. The fourth-order valence-corrected chi connectivity index (χ4v) is 8.59. The molecule has 0 aliphatic rings. The van der Waals surface area contributed by atoms with Gasteiger partial charge in [0.15, 0.2) is 5.41 Å². The van der Waals surface area contributed by atoms with Crippen molar-refractivity contribution in [1.82, 2.24) is 5.32 Å². The Morgan fingerprint density at radius 3 is 0.809 bits per heavy atom. The van der Waals surface area contributed by atoms with E-state index in [9.17, 15) is 19.2 Å². The third kappa shape index (κ3) is 44.6. The van der Waals surface area contributed by atoms with Crippen LogP contribution < -0.4 is 5.32 Å². The van der Waals surface area contributed by atoms with Gasteiger partial charge >= 0.3 is 17.9 Å². The third-order valence-electron chi connectivity index (χ3n) is 13.3. The Balaban J connectivity index is 5.02. The quantitative estimate of drug-likeness (QED) is 0.0280. The predicted octanol–water partition coefficient (Wildman–Crippen LogP) is 17.7. The number of nitrogens with one attached hydrogen (secondary N) is 1. The van der Waals surface area contributed by atoms with Crippen LogP contribution in [0.1, 0.15) is 304 Å². The number of carbonyl (C=O) groups is 4. The first-order valence-electron chi connectivity index (χ1n) is 29.4. The normalized spacial score (nSPS) is 12.5. The fraction of sp³-hybridized carbons (Fsp3) is 0.867. The molecule has 0 bridgehead atoms. The van der Waals surface area contributed by atoms with Gasteiger partial charge in [0.05, 0.1) is 0 Å². The van der Waals surface area contributed by atoms with Gasteiger partial charge in [0, 0.05) is 25.8 Å². The van der Waals surface area contributed by atoms with E-state index < -0.39 is 23.3 Å². The monoisotopic (exact) mass is 958 g/mol. The molecule has 0 spiro atoms. The van der Waals surface area contributed by atoms with Crippen molar-refractivity contribution in [2.75, 3.05) is 26.4 Å². The molecule has 0 rings (SSSR count). The lowest BCUT2D eigenvalue weighted by molar-refractivity contribution is -0.167. The molecule has 1 N–H and O–H groups in total. The van der Waals surface area contributed by atoms with E-state index in [1.54, 1.807) is 0 Å². The molecule has 0 aliphatic carbocycles. The molecule has 0 unspecified atom stereocenters. The van der Waals surface area contributed by atoms with Crippen LogP contribution in [0.2, 0.25) is 0 Å². The maximum atomic E-state index is 13.9. The minimum Gasteiger partial charge on any atom is -0.464 e. The summed E-state index contributed by atoms with van der Waals surface area (Å²) in [6.07, 6.45) is 57.1. The molecule has 0 aromatic carbocycles. The van der Waals surface area contributed by atoms with Crippen molar-refractivity contribution < 1.29 is 33.4 Å². The number of esters is 3. The lowest BCUT2D eigenvalue weighted by Crippen LogP contribution is -2.51. The molecule has 0 saturated carbocycles. The molecule has 0 aromatic heterocycles. The van der Waals surface area contributed by atoms with Gasteiger partial charge in [0.2, 0.25) is 5.91 Å². The van der Waals surface area contributed by atoms with Crippen LogP contribution in [0.25, 0.3) is 0 Å². The molecular formula is C60H111NO7. The summed E-state index contributed by atoms with van der Waals surface area (Å²) in [4.78, 5) is 53.1. The highest BCUT2D eigenvalue weighted by Gasteiger charge is 2.43. The minimum absolute atomic E-state index is 0.249. The smallest absolute Gasteiger partial charge is 0.305 e. The van der Waals surface area contributed by atoms with Crippen molar-refractivity contribution in [2.45, 2.75) is 304 Å². The van der Waals surface area contributed by atoms with E-state index in [1.807, 2.05) is 6.92 Å². The van der Waals surface area contributed by atoms with Gasteiger partial charge in [-0.15, -0.1) is 0 Å². The molecule has 8 nitrogen and oxygen atoms in total. The van der Waals surface area contributed by atoms with Crippen LogP contribution in [-0.4, -0.2) is 50.2 Å². The summed E-state index contributed by atoms with van der Waals surface area (Å²) in [5.41, 5.74) is -1.53. The molecule has 0 aromatic rings. The van der Waals surface area contributed by atoms with Crippen LogP contribution in [0.4, 0.5) is 0 Å². The molecule has 398 valence electrons. The Kier molecular flexibility index (Phi) is 50.2. The number of rotatable bonds is 53. The van der Waals surface area contributed by atoms with E-state index in [0.717, 1.165) is 83.5 Å². The van der Waals surface area contributed by atoms with E-state index in [4.69, 9.17) is 14.2 Å². The Morgan fingerprint density at radius 2 is 0.559 bits per heavy atom. The summed E-state index contributed by atoms with van der Waals surface area (Å²) in [6.45, 7) is 8.17. The number of unbranched alkanes of at least 4 members (excludes halogenated alkanes) is 34. The van der Waals surface area contributed by atoms with Gasteiger partial charge in [-0.05, 0) is 77.0 Å². The Hall–Kier alpha value is -2.64. The standard InChI is InChI=1S/C60H111NO7/c1-5-9-12-15-18-21-24-27-29-32-35-38-41-44-47-50-57(63)67-54-60(59(65)61-52-8-4,53-66-56(62)49-46-43-40-37-34-31-26-23-20-17-14-11-7-3)55-68-58(64)51-48-45-42-39-36-33-30-28-25-22-19-16-13-10-6-2/h27-30H,5-26,31-55H2,1-4H3,(H,61,65). The molecule has 0 aliphatic heterocycles. The zero-order valence-electron chi connectivity index (χ0n) is 45.4. The first-order chi connectivity index (χ1) is 33.3. The van der Waals surface area contributed by atoms with Crippen molar-refractivity contribution in [3.05, 3.63) is 24.3 Å². The SMILES string of the molecule is CCCCCCCCC=CCCCCCCCC(=O)OCC(COC(=O)CCCCCCCC=CCCCCCCCC)(COC(=O)CCCCCCCCCCCCCCC)C(=O)NCCC. The molecule has 0 fully saturated rings. The summed E-state index contributed by atoms with van der Waals surface area (Å²) in [6, 6.07) is 0. The summed E-state index contributed by atoms with van der Waals surface area (Å²) in [5.74, 6) is -1.61. The number of allylic oxidation sites excluding steroid dienone is 4. The lowest BCUT2D eigenvalue weighted by atomic mass is 9.89. The molecule has 0 saturated heterocycles. The maximum Gasteiger partial charge on any atom is 0.305 e. The van der Waals surface area contributed by atoms with Gasteiger partial charge in [0.25, 0.3) is 0 Å². The summed E-state index contributed by atoms with van der Waals surface area (Å²) in [5, 5.41) is 2.92. The average Bonchev–Trinajstić information content (AvgIpc) is 3.34. The zero-order chi connectivity index (χ0) is 49.7. The van der Waals surface area contributed by atoms with Crippen LogP contribution in [-0.2, 0) is 33.4 Å². The van der Waals surface area contributed by atoms with E-state index in [-0.39, 0.29) is 45.1 Å². The second-order valence-corrected chi connectivity index (χ2v) is 20.2. The maximum absolute atomic E-state index is 13.9. The molecule has 0 heterocycles. The second-order valence-electron chi connectivity index (χ2n) is 20.2. The van der Waals surface area contributed by atoms with Crippen LogP contribution in [0.5, 0.6) is 0 Å². The van der Waals surface area contributed by atoms with Crippen molar-refractivity contribution in [3.8, 4) is 0 Å². The van der Waals surface area contributed by atoms with Crippen LogP contribution in [0.3, 0.4) is 0 Å². The lowest BCUT2D eigenvalue weighted by Gasteiger charge is -2.31. The number of amides is 1. The topological polar surface area (TPSA) is 108 Å². The second kappa shape index (κ2) is 52.2. The van der Waals surface area contributed by atoms with E-state index in [0.29, 0.717) is 25.8 Å². The Bertz CT molecular complexity index is 1140. The number of hydrogen-bond acceptors (Lipinski definition) is 7. The highest BCUT2D eigenvalue weighted by atomic mass is 16.6. The fourth-order valence-electron chi connectivity index (χ4n) is 8.59. The van der Waals surface area contributed by atoms with Crippen molar-refractivity contribution >= 4 is 23.8 Å². The Morgan fingerprint density at radius 1 is 0.324 bits per heavy atom. The molecule has 0 atom stereocenters. The van der Waals surface area contributed by atoms with Crippen LogP contribution in [0.15, 0.2) is 24.3 Å². The highest BCUT2D eigenvalue weighted by Crippen LogP contribution is 2.23. The molecule has 8 heteroatoms. The van der Waals surface area contributed by atoms with E-state index in [2.05, 4.69) is 50.4 Å². The highest BCUT2D eigenvalue weighted by molar-refractivity contribution is 5.84. The van der Waals surface area contributed by atoms with Gasteiger partial charge in [-0.1, -0.05) is 232 Å². The van der Waals surface area contributed by atoms with Gasteiger partial charge in [-0.25, -0.2) is 0 Å². The van der Waals surface area contributed by atoms with Crippen molar-refractivity contribution in [1.29, 1.82) is 0 Å². The number of carbonyl (C=O) groups excluding carboxylic acids is 4. The number of ether oxygens (including phenoxy) is 3. The van der Waals surface area contributed by atoms with Gasteiger partial charge < -0.3 is 19.5 Å². The first kappa shape index (κ1) is 65.4. The molecule has 0 radical (unpaired) electrons. The van der Waals surface area contributed by atoms with E-state index in [1.165, 1.54) is 154 Å². The summed E-state index contributed by atoms with van der Waals surface area (Å²) >= 11 is 0. The number of hydrogen-bond donors (Lipinski definition) is 1. The van der Waals surface area contributed by atoms with Gasteiger partial charge in [0.1, 0.15) is 19.8 Å². The zero-order valence-corrected chi connectivity index (χ0v) is 45.4. The van der Waals surface area contributed by atoms with E-state index >= 15 is 0 Å². The third-order valence-corrected chi connectivity index (χ3v) is 13.3. The largest absolute Gasteiger partial charge is 0.464 e. The van der Waals surface area contributed by atoms with Gasteiger partial charge in [-0.3, -0.25) is 19.2 Å². The van der Waals surface area contributed by atoms with Crippen molar-refractivity contribution in [3.63, 3.8) is 0 Å². The summed E-state index contributed by atoms with van der Waals surface area (Å²) in [7, 11) is 0. The summed E-state index contributed by atoms with van der Waals surface area (Å²) < 4.78 is 17.3. The van der Waals surface area contributed by atoms with Crippen molar-refractivity contribution in [2.24, 2.45) is 5.41 Å². The Labute approximate surface area is 420 Å². The minimum atomic E-state index is -1.53. The van der Waals surface area contributed by atoms with Gasteiger partial charge in [-0.2, -0.15) is 0 Å². The van der Waals surface area contributed by atoms with Crippen LogP contribution in [0, 0.1) is 5.41 Å². The van der Waals surface area contributed by atoms with Crippen LogP contribution >= 0.6 is 0 Å². The predicted molar refractivity (Wildman–Crippen MR) is 288 cm³/mol. The molecule has 68 heavy (non-hydrogen) atoms. The first-order valence-corrected chi connectivity index (χ1v) is 29.4. The average molecular weight is 959 g/mol. The molecule has 1 amide bonds.